The molecule has 7 heavy (non-hydrogen) atoms. The van der Waals surface area contributed by atoms with Crippen LogP contribution in [-0.2, 0) is 0 Å². The fourth-order valence-corrected chi connectivity index (χ4v) is 0.112. The van der Waals surface area contributed by atoms with E-state index >= 15 is 0 Å². The molecule has 0 rings (SSSR count). The normalized spacial score (nSPS) is 18.9. The van der Waals surface area contributed by atoms with Crippen LogP contribution in [-0.4, -0.2) is 24.1 Å². The van der Waals surface area contributed by atoms with Crippen molar-refractivity contribution in [3.05, 3.63) is 0 Å². The number of aliphatic hydroxyl groups excluding tert-OH is 1. The average molecular weight is 108 g/mol. The van der Waals surface area contributed by atoms with Crippen LogP contribution >= 0.6 is 0 Å². The fraction of sp³-hybridized carbons (Fsp3) is 1.00. The molecule has 0 aliphatic carbocycles. The molecular weight excluding hydrogens is 99.0 g/mol. The first-order valence-electron chi connectivity index (χ1n) is 1.96. The van der Waals surface area contributed by atoms with Crippen LogP contribution < -0.4 is 11.5 Å². The molecular formula is C3H9FN2O. The van der Waals surface area contributed by atoms with Crippen LogP contribution in [0.1, 0.15) is 0 Å². The molecule has 44 valence electrons. The molecule has 0 amide bonds. The first-order chi connectivity index (χ1) is 3.18. The molecule has 0 aliphatic rings. The van der Waals surface area contributed by atoms with E-state index in [1.54, 1.807) is 0 Å². The Morgan fingerprint density at radius 3 is 2.14 bits per heavy atom. The Hall–Kier alpha value is -0.190. The average Bonchev–Trinajstić information content (AvgIpc) is 1.65. The topological polar surface area (TPSA) is 72.3 Å². The van der Waals surface area contributed by atoms with Crippen LogP contribution in [0.25, 0.3) is 0 Å². The van der Waals surface area contributed by atoms with E-state index in [1.807, 2.05) is 0 Å². The molecule has 0 saturated carbocycles. The molecule has 0 spiro atoms. The van der Waals surface area contributed by atoms with Crippen molar-refractivity contribution in [3.63, 3.8) is 0 Å². The molecule has 5 N–H and O–H groups in total. The molecule has 3 nitrogen and oxygen atoms in total. The smallest absolute Gasteiger partial charge is 0.212 e. The zero-order valence-electron chi connectivity index (χ0n) is 3.84. The maximum atomic E-state index is 11.4. The quantitative estimate of drug-likeness (QED) is 0.405. The van der Waals surface area contributed by atoms with Gasteiger partial charge in [-0.3, -0.25) is 0 Å². The lowest BCUT2D eigenvalue weighted by Gasteiger charge is -2.05. The van der Waals surface area contributed by atoms with Crippen LogP contribution in [0.3, 0.4) is 0 Å². The second kappa shape index (κ2) is 2.90. The summed E-state index contributed by atoms with van der Waals surface area (Å²) in [5.74, 6) is 0. The second-order valence-electron chi connectivity index (χ2n) is 1.27. The maximum Gasteiger partial charge on any atom is 0.212 e. The van der Waals surface area contributed by atoms with Crippen molar-refractivity contribution in [2.45, 2.75) is 12.4 Å². The van der Waals surface area contributed by atoms with Crippen molar-refractivity contribution in [1.29, 1.82) is 0 Å². The molecule has 0 fully saturated rings. The zero-order chi connectivity index (χ0) is 5.86. The van der Waals surface area contributed by atoms with E-state index in [9.17, 15) is 4.39 Å². The van der Waals surface area contributed by atoms with E-state index < -0.39 is 12.4 Å². The Bertz CT molecular complexity index is 50.2. The van der Waals surface area contributed by atoms with Crippen LogP contribution in [0.4, 0.5) is 4.39 Å². The summed E-state index contributed by atoms with van der Waals surface area (Å²) in [5.41, 5.74) is 9.71. The zero-order valence-corrected chi connectivity index (χ0v) is 3.84. The Morgan fingerprint density at radius 1 is 1.71 bits per heavy atom. The van der Waals surface area contributed by atoms with Crippen molar-refractivity contribution in [2.24, 2.45) is 11.5 Å². The van der Waals surface area contributed by atoms with Gasteiger partial charge in [-0.2, -0.15) is 0 Å². The third kappa shape index (κ3) is 2.50. The van der Waals surface area contributed by atoms with E-state index in [0.717, 1.165) is 0 Å². The van der Waals surface area contributed by atoms with E-state index in [-0.39, 0.29) is 6.54 Å². The summed E-state index contributed by atoms with van der Waals surface area (Å²) in [7, 11) is 0. The highest BCUT2D eigenvalue weighted by atomic mass is 19.1. The minimum atomic E-state index is -1.98. The highest BCUT2D eigenvalue weighted by Gasteiger charge is 2.08. The van der Waals surface area contributed by atoms with Gasteiger partial charge >= 0.3 is 0 Å². The van der Waals surface area contributed by atoms with Gasteiger partial charge in [0.25, 0.3) is 0 Å². The van der Waals surface area contributed by atoms with Crippen LogP contribution in [0.5, 0.6) is 0 Å². The van der Waals surface area contributed by atoms with Crippen LogP contribution in [0, 0.1) is 0 Å². The summed E-state index contributed by atoms with van der Waals surface area (Å²) in [6.07, 6.45) is -1.98. The number of rotatable bonds is 2. The van der Waals surface area contributed by atoms with Gasteiger partial charge in [0.1, 0.15) is 0 Å². The number of nitrogens with two attached hydrogens (primary N) is 2. The Labute approximate surface area is 41.1 Å². The van der Waals surface area contributed by atoms with E-state index in [2.05, 4.69) is 0 Å². The minimum Gasteiger partial charge on any atom is -0.363 e. The van der Waals surface area contributed by atoms with Gasteiger partial charge in [-0.25, -0.2) is 4.39 Å². The predicted octanol–water partition coefficient (Wildman–Crippen LogP) is -1.44. The highest BCUT2D eigenvalue weighted by molar-refractivity contribution is 4.61. The largest absolute Gasteiger partial charge is 0.363 e. The van der Waals surface area contributed by atoms with Gasteiger partial charge in [0.15, 0.2) is 0 Å². The van der Waals surface area contributed by atoms with Crippen molar-refractivity contribution in [1.82, 2.24) is 0 Å². The Kier molecular flexibility index (Phi) is 2.82. The van der Waals surface area contributed by atoms with Gasteiger partial charge < -0.3 is 16.6 Å². The maximum absolute atomic E-state index is 11.4. The Balaban J connectivity index is 3.14. The van der Waals surface area contributed by atoms with E-state index in [0.29, 0.717) is 0 Å². The lowest BCUT2D eigenvalue weighted by molar-refractivity contribution is 0.0212. The molecule has 0 heterocycles. The lowest BCUT2D eigenvalue weighted by atomic mass is 10.3. The number of hydrogen-bond donors (Lipinski definition) is 3. The Morgan fingerprint density at radius 2 is 2.14 bits per heavy atom. The molecule has 2 unspecified atom stereocenters. The van der Waals surface area contributed by atoms with E-state index in [4.69, 9.17) is 16.6 Å². The van der Waals surface area contributed by atoms with Gasteiger partial charge in [-0.05, 0) is 0 Å². The molecule has 0 aromatic heterocycles. The van der Waals surface area contributed by atoms with Crippen molar-refractivity contribution in [3.8, 4) is 0 Å². The number of aliphatic hydroxyl groups is 1. The van der Waals surface area contributed by atoms with Gasteiger partial charge in [-0.1, -0.05) is 0 Å². The summed E-state index contributed by atoms with van der Waals surface area (Å²) in [6.45, 7) is -0.0301. The van der Waals surface area contributed by atoms with Crippen LogP contribution in [0.15, 0.2) is 0 Å². The third-order valence-electron chi connectivity index (χ3n) is 0.625. The van der Waals surface area contributed by atoms with Gasteiger partial charge in [0.05, 0.1) is 6.04 Å². The summed E-state index contributed by atoms with van der Waals surface area (Å²) in [5, 5.41) is 7.95. The first kappa shape index (κ1) is 6.81. The lowest BCUT2D eigenvalue weighted by Crippen LogP contribution is -2.38. The molecule has 0 aromatic rings. The van der Waals surface area contributed by atoms with Crippen molar-refractivity contribution in [2.75, 3.05) is 6.54 Å². The van der Waals surface area contributed by atoms with Gasteiger partial charge in [-0.15, -0.1) is 0 Å². The van der Waals surface area contributed by atoms with Gasteiger partial charge in [0.2, 0.25) is 6.36 Å². The number of halogens is 1. The first-order valence-corrected chi connectivity index (χ1v) is 1.96. The van der Waals surface area contributed by atoms with Gasteiger partial charge in [0, 0.05) is 6.54 Å². The standard InChI is InChI=1S/C3H9FN2O/c4-3(7)2(6)1-5/h2-3,7H,1,5-6H2. The number of hydrogen-bond acceptors (Lipinski definition) is 3. The molecule has 0 radical (unpaired) electrons. The second-order valence-corrected chi connectivity index (χ2v) is 1.27. The van der Waals surface area contributed by atoms with Crippen LogP contribution in [0.2, 0.25) is 0 Å². The van der Waals surface area contributed by atoms with Crippen molar-refractivity contribution < 1.29 is 9.50 Å². The third-order valence-corrected chi connectivity index (χ3v) is 0.625. The monoisotopic (exact) mass is 108 g/mol. The fourth-order valence-electron chi connectivity index (χ4n) is 0.112. The summed E-state index contributed by atoms with van der Waals surface area (Å²) >= 11 is 0. The van der Waals surface area contributed by atoms with Crippen molar-refractivity contribution >= 4 is 0 Å². The summed E-state index contributed by atoms with van der Waals surface area (Å²) in [4.78, 5) is 0. The number of alkyl halides is 1. The summed E-state index contributed by atoms with van der Waals surface area (Å²) < 4.78 is 11.4. The SMILES string of the molecule is NCC(N)C(O)F. The highest BCUT2D eigenvalue weighted by Crippen LogP contribution is 1.85. The molecule has 0 aromatic carbocycles. The van der Waals surface area contributed by atoms with E-state index in [1.165, 1.54) is 0 Å². The molecule has 0 bridgehead atoms. The molecule has 2 atom stereocenters. The molecule has 0 aliphatic heterocycles. The summed E-state index contributed by atoms with van der Waals surface area (Å²) in [6, 6.07) is -0.931. The predicted molar refractivity (Wildman–Crippen MR) is 24.1 cm³/mol. The minimum absolute atomic E-state index is 0.0301. The molecule has 4 heteroatoms. The molecule has 0 saturated heterocycles.